The number of carbonyl (C=O) groups is 2. The van der Waals surface area contributed by atoms with E-state index in [0.29, 0.717) is 16.4 Å². The molecule has 1 aliphatic rings. The number of carbonyl (C=O) groups excluding carboxylic acids is 2. The van der Waals surface area contributed by atoms with Crippen molar-refractivity contribution in [2.45, 2.75) is 19.8 Å². The molecule has 1 fully saturated rings. The molecule has 0 atom stereocenters. The number of aryl methyl sites for hydroxylation is 2. The van der Waals surface area contributed by atoms with Crippen LogP contribution >= 0.6 is 11.6 Å². The minimum atomic E-state index is -0.275. The molecule has 0 spiro atoms. The van der Waals surface area contributed by atoms with Gasteiger partial charge in [-0.1, -0.05) is 11.6 Å². The lowest BCUT2D eigenvalue weighted by Crippen LogP contribution is -2.27. The molecular formula is C19H21ClN4O2. The number of amides is 2. The van der Waals surface area contributed by atoms with E-state index in [1.807, 2.05) is 11.8 Å². The van der Waals surface area contributed by atoms with E-state index in [1.165, 1.54) is 6.08 Å². The molecule has 0 radical (unpaired) electrons. The predicted molar refractivity (Wildman–Crippen MR) is 102 cm³/mol. The van der Waals surface area contributed by atoms with Crippen LogP contribution in [-0.4, -0.2) is 39.6 Å². The molecule has 0 bridgehead atoms. The van der Waals surface area contributed by atoms with E-state index >= 15 is 0 Å². The smallest absolute Gasteiger partial charge is 0.253 e. The lowest BCUT2D eigenvalue weighted by atomic mass is 10.2. The molecule has 2 amide bonds. The van der Waals surface area contributed by atoms with E-state index in [0.717, 1.165) is 37.2 Å². The van der Waals surface area contributed by atoms with Gasteiger partial charge in [0.15, 0.2) is 0 Å². The number of halogens is 1. The molecule has 1 aliphatic heterocycles. The molecular weight excluding hydrogens is 352 g/mol. The summed E-state index contributed by atoms with van der Waals surface area (Å²) in [6.07, 6.45) is 5.18. The first-order valence-electron chi connectivity index (χ1n) is 8.53. The molecule has 26 heavy (non-hydrogen) atoms. The van der Waals surface area contributed by atoms with Crippen LogP contribution in [0.5, 0.6) is 0 Å². The topological polar surface area (TPSA) is 67.2 Å². The van der Waals surface area contributed by atoms with Crippen LogP contribution in [0.3, 0.4) is 0 Å². The van der Waals surface area contributed by atoms with Gasteiger partial charge in [-0.25, -0.2) is 0 Å². The second kappa shape index (κ2) is 7.74. The Morgan fingerprint density at radius 1 is 1.19 bits per heavy atom. The van der Waals surface area contributed by atoms with Gasteiger partial charge < -0.3 is 10.2 Å². The Labute approximate surface area is 157 Å². The van der Waals surface area contributed by atoms with Crippen LogP contribution in [0.25, 0.3) is 6.08 Å². The van der Waals surface area contributed by atoms with Crippen molar-refractivity contribution in [3.63, 3.8) is 0 Å². The van der Waals surface area contributed by atoms with Gasteiger partial charge in [0, 0.05) is 43.0 Å². The number of hydrogen-bond donors (Lipinski definition) is 1. The van der Waals surface area contributed by atoms with Crippen molar-refractivity contribution in [2.24, 2.45) is 7.05 Å². The van der Waals surface area contributed by atoms with E-state index in [-0.39, 0.29) is 11.8 Å². The summed E-state index contributed by atoms with van der Waals surface area (Å²) in [5.74, 6) is -0.232. The fourth-order valence-corrected chi connectivity index (χ4v) is 3.22. The second-order valence-electron chi connectivity index (χ2n) is 6.31. The Morgan fingerprint density at radius 3 is 2.42 bits per heavy atom. The van der Waals surface area contributed by atoms with E-state index < -0.39 is 0 Å². The van der Waals surface area contributed by atoms with Gasteiger partial charge in [0.05, 0.1) is 5.69 Å². The van der Waals surface area contributed by atoms with Crippen molar-refractivity contribution in [2.75, 3.05) is 18.4 Å². The first-order chi connectivity index (χ1) is 12.5. The average Bonchev–Trinajstić information content (AvgIpc) is 3.23. The molecule has 0 saturated carbocycles. The molecule has 1 saturated heterocycles. The zero-order valence-electron chi connectivity index (χ0n) is 14.8. The summed E-state index contributed by atoms with van der Waals surface area (Å²) in [5.41, 5.74) is 2.74. The van der Waals surface area contributed by atoms with Crippen LogP contribution in [0.2, 0.25) is 5.15 Å². The number of anilines is 1. The number of nitrogens with zero attached hydrogens (tertiary/aromatic N) is 3. The summed E-state index contributed by atoms with van der Waals surface area (Å²) in [4.78, 5) is 26.3. The molecule has 2 aromatic rings. The Hall–Kier alpha value is -2.60. The summed E-state index contributed by atoms with van der Waals surface area (Å²) in [5, 5.41) is 7.45. The molecule has 136 valence electrons. The van der Waals surface area contributed by atoms with Gasteiger partial charge in [-0.3, -0.25) is 14.3 Å². The van der Waals surface area contributed by atoms with E-state index in [2.05, 4.69) is 10.4 Å². The third kappa shape index (κ3) is 3.96. The number of likely N-dealkylation sites (tertiary alicyclic amines) is 1. The normalized spacial score (nSPS) is 14.2. The average molecular weight is 373 g/mol. The molecule has 7 heteroatoms. The molecule has 1 N–H and O–H groups in total. The monoisotopic (exact) mass is 372 g/mol. The number of nitrogens with one attached hydrogen (secondary N) is 1. The highest BCUT2D eigenvalue weighted by atomic mass is 35.5. The van der Waals surface area contributed by atoms with Gasteiger partial charge >= 0.3 is 0 Å². The number of hydrogen-bond acceptors (Lipinski definition) is 3. The maximum Gasteiger partial charge on any atom is 0.253 e. The van der Waals surface area contributed by atoms with Crippen LogP contribution in [0, 0.1) is 6.92 Å². The highest BCUT2D eigenvalue weighted by Crippen LogP contribution is 2.20. The molecule has 1 aromatic heterocycles. The van der Waals surface area contributed by atoms with Gasteiger partial charge in [0.25, 0.3) is 5.91 Å². The molecule has 0 unspecified atom stereocenters. The van der Waals surface area contributed by atoms with Crippen LogP contribution in [0.4, 0.5) is 5.69 Å². The fraction of sp³-hybridized carbons (Fsp3) is 0.316. The summed E-state index contributed by atoms with van der Waals surface area (Å²) < 4.78 is 1.56. The highest BCUT2D eigenvalue weighted by molar-refractivity contribution is 6.31. The van der Waals surface area contributed by atoms with Crippen LogP contribution in [0.1, 0.15) is 34.5 Å². The summed E-state index contributed by atoms with van der Waals surface area (Å²) in [6.45, 7) is 3.47. The van der Waals surface area contributed by atoms with Crippen molar-refractivity contribution in [3.8, 4) is 0 Å². The van der Waals surface area contributed by atoms with Crippen molar-refractivity contribution < 1.29 is 9.59 Å². The highest BCUT2D eigenvalue weighted by Gasteiger charge is 2.19. The number of benzene rings is 1. The molecule has 6 nitrogen and oxygen atoms in total. The third-order valence-electron chi connectivity index (χ3n) is 4.39. The van der Waals surface area contributed by atoms with Gasteiger partial charge in [-0.2, -0.15) is 5.10 Å². The standard InChI is InChI=1S/C19H21ClN4O2/c1-13-16(18(20)23(2)22-13)9-10-17(25)21-15-7-5-14(6-8-15)19(26)24-11-3-4-12-24/h5-10H,3-4,11-12H2,1-2H3,(H,21,25)/b10-9+. The summed E-state index contributed by atoms with van der Waals surface area (Å²) >= 11 is 6.14. The molecule has 1 aromatic carbocycles. The predicted octanol–water partition coefficient (Wildman–Crippen LogP) is 3.27. The Kier molecular flexibility index (Phi) is 5.42. The number of aromatic nitrogens is 2. The fourth-order valence-electron chi connectivity index (χ4n) is 2.98. The molecule has 3 rings (SSSR count). The van der Waals surface area contributed by atoms with Gasteiger partial charge in [-0.15, -0.1) is 0 Å². The van der Waals surface area contributed by atoms with Gasteiger partial charge in [0.2, 0.25) is 5.91 Å². The van der Waals surface area contributed by atoms with E-state index in [9.17, 15) is 9.59 Å². The zero-order chi connectivity index (χ0) is 18.7. The van der Waals surface area contributed by atoms with Crippen LogP contribution < -0.4 is 5.32 Å². The van der Waals surface area contributed by atoms with Crippen molar-refractivity contribution in [3.05, 3.63) is 52.3 Å². The Bertz CT molecular complexity index is 849. The van der Waals surface area contributed by atoms with Crippen molar-refractivity contribution in [1.29, 1.82) is 0 Å². The van der Waals surface area contributed by atoms with Crippen molar-refractivity contribution >= 4 is 35.2 Å². The summed E-state index contributed by atoms with van der Waals surface area (Å²) in [7, 11) is 1.75. The van der Waals surface area contributed by atoms with Gasteiger partial charge in [0.1, 0.15) is 5.15 Å². The minimum Gasteiger partial charge on any atom is -0.339 e. The largest absolute Gasteiger partial charge is 0.339 e. The second-order valence-corrected chi connectivity index (χ2v) is 6.67. The van der Waals surface area contributed by atoms with E-state index in [1.54, 1.807) is 42.1 Å². The first-order valence-corrected chi connectivity index (χ1v) is 8.91. The first kappa shape index (κ1) is 18.2. The van der Waals surface area contributed by atoms with Crippen LogP contribution in [0.15, 0.2) is 30.3 Å². The zero-order valence-corrected chi connectivity index (χ0v) is 15.6. The Balaban J connectivity index is 1.62. The lowest BCUT2D eigenvalue weighted by molar-refractivity contribution is -0.111. The van der Waals surface area contributed by atoms with Crippen molar-refractivity contribution in [1.82, 2.24) is 14.7 Å². The lowest BCUT2D eigenvalue weighted by Gasteiger charge is -2.15. The third-order valence-corrected chi connectivity index (χ3v) is 4.84. The SMILES string of the molecule is Cc1nn(C)c(Cl)c1/C=C/C(=O)Nc1ccc(C(=O)N2CCCC2)cc1. The number of rotatable bonds is 4. The quantitative estimate of drug-likeness (QED) is 0.837. The maximum atomic E-state index is 12.3. The Morgan fingerprint density at radius 2 is 1.85 bits per heavy atom. The molecule has 2 heterocycles. The molecule has 0 aliphatic carbocycles. The van der Waals surface area contributed by atoms with E-state index in [4.69, 9.17) is 11.6 Å². The minimum absolute atomic E-state index is 0.0435. The van der Waals surface area contributed by atoms with Crippen LogP contribution in [-0.2, 0) is 11.8 Å². The van der Waals surface area contributed by atoms with Gasteiger partial charge in [-0.05, 0) is 50.1 Å². The summed E-state index contributed by atoms with van der Waals surface area (Å²) in [6, 6.07) is 6.94. The maximum absolute atomic E-state index is 12.3.